The molecular formula is C12H18FNO2. The van der Waals surface area contributed by atoms with Gasteiger partial charge in [-0.3, -0.25) is 0 Å². The van der Waals surface area contributed by atoms with Crippen LogP contribution in [0, 0.1) is 5.82 Å². The van der Waals surface area contributed by atoms with Crippen LogP contribution in [0.4, 0.5) is 4.39 Å². The second kappa shape index (κ2) is 5.70. The zero-order valence-electron chi connectivity index (χ0n) is 10.2. The van der Waals surface area contributed by atoms with E-state index in [4.69, 9.17) is 9.47 Å². The van der Waals surface area contributed by atoms with Crippen molar-refractivity contribution in [3.63, 3.8) is 0 Å². The van der Waals surface area contributed by atoms with E-state index in [1.807, 2.05) is 25.9 Å². The van der Waals surface area contributed by atoms with E-state index in [1.165, 1.54) is 6.07 Å². The molecule has 0 fully saturated rings. The van der Waals surface area contributed by atoms with Crippen LogP contribution in [-0.2, 0) is 0 Å². The average Bonchev–Trinajstić information content (AvgIpc) is 2.27. The lowest BCUT2D eigenvalue weighted by molar-refractivity contribution is 0.192. The van der Waals surface area contributed by atoms with Gasteiger partial charge < -0.3 is 14.4 Å². The molecule has 0 amide bonds. The number of benzene rings is 1. The van der Waals surface area contributed by atoms with Crippen LogP contribution in [0.5, 0.6) is 11.5 Å². The molecule has 1 unspecified atom stereocenters. The molecule has 1 aromatic rings. The Hall–Kier alpha value is -1.29. The molecule has 1 aromatic carbocycles. The fourth-order valence-electron chi connectivity index (χ4n) is 1.08. The Labute approximate surface area is 95.8 Å². The Kier molecular flexibility index (Phi) is 4.55. The molecule has 0 radical (unpaired) electrons. The highest BCUT2D eigenvalue weighted by molar-refractivity contribution is 5.34. The van der Waals surface area contributed by atoms with Crippen molar-refractivity contribution in [1.29, 1.82) is 0 Å². The van der Waals surface area contributed by atoms with Gasteiger partial charge in [-0.15, -0.1) is 0 Å². The van der Waals surface area contributed by atoms with Crippen molar-refractivity contribution in [1.82, 2.24) is 4.90 Å². The molecule has 0 saturated carbocycles. The molecule has 4 heteroatoms. The maximum absolute atomic E-state index is 13.4. The van der Waals surface area contributed by atoms with E-state index in [9.17, 15) is 4.39 Å². The van der Waals surface area contributed by atoms with Crippen LogP contribution < -0.4 is 9.47 Å². The summed E-state index contributed by atoms with van der Waals surface area (Å²) in [6.07, 6.45) is 0. The van der Waals surface area contributed by atoms with Crippen molar-refractivity contribution >= 4 is 0 Å². The number of ether oxygens (including phenoxy) is 2. The lowest BCUT2D eigenvalue weighted by Crippen LogP contribution is -2.30. The normalized spacial score (nSPS) is 12.6. The highest BCUT2D eigenvalue weighted by Gasteiger charge is 2.09. The van der Waals surface area contributed by atoms with E-state index >= 15 is 0 Å². The SMILES string of the molecule is COc1ccc(F)c(OCC(C)N(C)C)c1. The summed E-state index contributed by atoms with van der Waals surface area (Å²) in [5, 5.41) is 0. The van der Waals surface area contributed by atoms with Gasteiger partial charge in [0.1, 0.15) is 12.4 Å². The molecule has 90 valence electrons. The summed E-state index contributed by atoms with van der Waals surface area (Å²) in [5.41, 5.74) is 0. The minimum Gasteiger partial charge on any atom is -0.497 e. The van der Waals surface area contributed by atoms with Gasteiger partial charge in [0.25, 0.3) is 0 Å². The van der Waals surface area contributed by atoms with Crippen LogP contribution in [0.15, 0.2) is 18.2 Å². The fourth-order valence-corrected chi connectivity index (χ4v) is 1.08. The van der Waals surface area contributed by atoms with Gasteiger partial charge in [-0.25, -0.2) is 4.39 Å². The Morgan fingerprint density at radius 2 is 2.06 bits per heavy atom. The molecule has 0 N–H and O–H groups in total. The second-order valence-electron chi connectivity index (χ2n) is 3.92. The van der Waals surface area contributed by atoms with Crippen molar-refractivity contribution in [3.05, 3.63) is 24.0 Å². The van der Waals surface area contributed by atoms with Gasteiger partial charge in [-0.1, -0.05) is 0 Å². The first-order valence-electron chi connectivity index (χ1n) is 5.17. The predicted molar refractivity (Wildman–Crippen MR) is 61.6 cm³/mol. The van der Waals surface area contributed by atoms with Crippen LogP contribution in [0.1, 0.15) is 6.92 Å². The largest absolute Gasteiger partial charge is 0.497 e. The molecule has 0 aliphatic rings. The number of likely N-dealkylation sites (N-methyl/N-ethyl adjacent to an activating group) is 1. The maximum Gasteiger partial charge on any atom is 0.165 e. The van der Waals surface area contributed by atoms with Crippen molar-refractivity contribution < 1.29 is 13.9 Å². The molecule has 1 atom stereocenters. The van der Waals surface area contributed by atoms with E-state index in [2.05, 4.69) is 0 Å². The molecule has 3 nitrogen and oxygen atoms in total. The van der Waals surface area contributed by atoms with Gasteiger partial charge in [0.2, 0.25) is 0 Å². The molecule has 0 bridgehead atoms. The lowest BCUT2D eigenvalue weighted by atomic mass is 10.3. The average molecular weight is 227 g/mol. The van der Waals surface area contributed by atoms with Crippen molar-refractivity contribution in [2.45, 2.75) is 13.0 Å². The quantitative estimate of drug-likeness (QED) is 0.769. The van der Waals surface area contributed by atoms with Crippen LogP contribution in [0.3, 0.4) is 0 Å². The van der Waals surface area contributed by atoms with E-state index in [0.29, 0.717) is 12.4 Å². The summed E-state index contributed by atoms with van der Waals surface area (Å²) in [6.45, 7) is 2.45. The Bertz CT molecular complexity index is 342. The molecule has 0 saturated heterocycles. The molecule has 1 rings (SSSR count). The first-order chi connectivity index (χ1) is 7.54. The molecule has 0 aliphatic carbocycles. The smallest absolute Gasteiger partial charge is 0.165 e. The Morgan fingerprint density at radius 1 is 1.38 bits per heavy atom. The van der Waals surface area contributed by atoms with Gasteiger partial charge in [-0.05, 0) is 33.2 Å². The first-order valence-corrected chi connectivity index (χ1v) is 5.17. The third-order valence-corrected chi connectivity index (χ3v) is 2.50. The standard InChI is InChI=1S/C12H18FNO2/c1-9(14(2)3)8-16-12-7-10(15-4)5-6-11(12)13/h5-7,9H,8H2,1-4H3. The van der Waals surface area contributed by atoms with Gasteiger partial charge >= 0.3 is 0 Å². The van der Waals surface area contributed by atoms with Gasteiger partial charge in [0.05, 0.1) is 7.11 Å². The van der Waals surface area contributed by atoms with Crippen molar-refractivity contribution in [2.75, 3.05) is 27.8 Å². The lowest BCUT2D eigenvalue weighted by Gasteiger charge is -2.20. The summed E-state index contributed by atoms with van der Waals surface area (Å²) < 4.78 is 23.8. The molecule has 0 heterocycles. The van der Waals surface area contributed by atoms with E-state index < -0.39 is 0 Å². The van der Waals surface area contributed by atoms with Crippen LogP contribution in [-0.4, -0.2) is 38.8 Å². The third kappa shape index (κ3) is 3.38. The van der Waals surface area contributed by atoms with Crippen molar-refractivity contribution in [3.8, 4) is 11.5 Å². The summed E-state index contributed by atoms with van der Waals surface area (Å²) in [6, 6.07) is 4.69. The van der Waals surface area contributed by atoms with Crippen LogP contribution >= 0.6 is 0 Å². The van der Waals surface area contributed by atoms with Crippen LogP contribution in [0.2, 0.25) is 0 Å². The summed E-state index contributed by atoms with van der Waals surface area (Å²) >= 11 is 0. The highest BCUT2D eigenvalue weighted by Crippen LogP contribution is 2.23. The third-order valence-electron chi connectivity index (χ3n) is 2.50. The molecule has 16 heavy (non-hydrogen) atoms. The number of rotatable bonds is 5. The van der Waals surface area contributed by atoms with Crippen molar-refractivity contribution in [2.24, 2.45) is 0 Å². The summed E-state index contributed by atoms with van der Waals surface area (Å²) in [4.78, 5) is 2.01. The molecule has 0 aliphatic heterocycles. The number of hydrogen-bond donors (Lipinski definition) is 0. The second-order valence-corrected chi connectivity index (χ2v) is 3.92. The van der Waals surface area contributed by atoms with E-state index in [-0.39, 0.29) is 17.6 Å². The number of halogens is 1. The minimum atomic E-state index is -0.369. The molecule has 0 spiro atoms. The minimum absolute atomic E-state index is 0.227. The van der Waals surface area contributed by atoms with Crippen LogP contribution in [0.25, 0.3) is 0 Å². The van der Waals surface area contributed by atoms with Gasteiger partial charge in [0.15, 0.2) is 11.6 Å². The zero-order chi connectivity index (χ0) is 12.1. The topological polar surface area (TPSA) is 21.7 Å². The molecule has 0 aromatic heterocycles. The predicted octanol–water partition coefficient (Wildman–Crippen LogP) is 2.16. The number of methoxy groups -OCH3 is 1. The van der Waals surface area contributed by atoms with E-state index in [0.717, 1.165) is 0 Å². The Balaban J connectivity index is 2.65. The zero-order valence-corrected chi connectivity index (χ0v) is 10.2. The monoisotopic (exact) mass is 227 g/mol. The molecular weight excluding hydrogens is 209 g/mol. The maximum atomic E-state index is 13.4. The number of nitrogens with zero attached hydrogens (tertiary/aromatic N) is 1. The summed E-state index contributed by atoms with van der Waals surface area (Å²) in [7, 11) is 5.45. The highest BCUT2D eigenvalue weighted by atomic mass is 19.1. The summed E-state index contributed by atoms with van der Waals surface area (Å²) in [5.74, 6) is 0.453. The first kappa shape index (κ1) is 12.8. The van der Waals surface area contributed by atoms with E-state index in [1.54, 1.807) is 19.2 Å². The van der Waals surface area contributed by atoms with Gasteiger partial charge in [0, 0.05) is 12.1 Å². The van der Waals surface area contributed by atoms with Gasteiger partial charge in [-0.2, -0.15) is 0 Å². The fraction of sp³-hybridized carbons (Fsp3) is 0.500. The number of hydrogen-bond acceptors (Lipinski definition) is 3. The Morgan fingerprint density at radius 3 is 2.62 bits per heavy atom.